The van der Waals surface area contributed by atoms with Crippen LogP contribution < -0.4 is 14.8 Å². The van der Waals surface area contributed by atoms with Gasteiger partial charge in [0, 0.05) is 29.9 Å². The van der Waals surface area contributed by atoms with E-state index in [0.29, 0.717) is 17.9 Å². The van der Waals surface area contributed by atoms with Crippen molar-refractivity contribution in [1.82, 2.24) is 15.3 Å². The fraction of sp³-hybridized carbons (Fsp3) is 0.0870. The van der Waals surface area contributed by atoms with Gasteiger partial charge in [-0.25, -0.2) is 4.98 Å². The first kappa shape index (κ1) is 17.2. The standard InChI is InChI=1S/C23H17N3O3/c27-23(25-13-15-5-6-21-22(11-15)29-14-28-21)18-12-20(16-7-9-24-10-8-16)26-19-4-2-1-3-17(18)19/h1-12H,13-14H2,(H,25,27). The molecule has 0 unspecified atom stereocenters. The third-order valence-corrected chi connectivity index (χ3v) is 4.83. The van der Waals surface area contributed by atoms with Crippen molar-refractivity contribution in [3.05, 3.63) is 84.2 Å². The van der Waals surface area contributed by atoms with Crippen LogP contribution in [0.4, 0.5) is 0 Å². The molecule has 0 saturated heterocycles. The van der Waals surface area contributed by atoms with Gasteiger partial charge in [-0.3, -0.25) is 9.78 Å². The Morgan fingerprint density at radius 1 is 0.966 bits per heavy atom. The molecule has 0 aliphatic carbocycles. The molecule has 0 fully saturated rings. The number of rotatable bonds is 4. The molecule has 142 valence electrons. The van der Waals surface area contributed by atoms with Crippen LogP contribution in [0.15, 0.2) is 73.1 Å². The van der Waals surface area contributed by atoms with Crippen LogP contribution in [0.3, 0.4) is 0 Å². The van der Waals surface area contributed by atoms with Gasteiger partial charge in [-0.1, -0.05) is 24.3 Å². The number of hydrogen-bond donors (Lipinski definition) is 1. The topological polar surface area (TPSA) is 73.3 Å². The summed E-state index contributed by atoms with van der Waals surface area (Å²) in [6.45, 7) is 0.614. The molecule has 5 rings (SSSR count). The van der Waals surface area contributed by atoms with Crippen molar-refractivity contribution >= 4 is 16.8 Å². The summed E-state index contributed by atoms with van der Waals surface area (Å²) in [5.41, 5.74) is 3.95. The smallest absolute Gasteiger partial charge is 0.252 e. The first-order chi connectivity index (χ1) is 14.3. The quantitative estimate of drug-likeness (QED) is 0.578. The van der Waals surface area contributed by atoms with Gasteiger partial charge in [0.1, 0.15) is 0 Å². The molecule has 2 aromatic carbocycles. The summed E-state index contributed by atoms with van der Waals surface area (Å²) in [5, 5.41) is 3.82. The van der Waals surface area contributed by atoms with Crippen molar-refractivity contribution < 1.29 is 14.3 Å². The van der Waals surface area contributed by atoms with Crippen LogP contribution in [0.1, 0.15) is 15.9 Å². The second kappa shape index (κ2) is 7.24. The second-order valence-corrected chi connectivity index (χ2v) is 6.68. The molecule has 1 aliphatic rings. The molecule has 0 bridgehead atoms. The van der Waals surface area contributed by atoms with Gasteiger partial charge in [-0.05, 0) is 42.0 Å². The molecule has 2 aromatic heterocycles. The molecule has 1 N–H and O–H groups in total. The molecule has 1 aliphatic heterocycles. The summed E-state index contributed by atoms with van der Waals surface area (Å²) in [7, 11) is 0. The lowest BCUT2D eigenvalue weighted by Crippen LogP contribution is -2.23. The molecule has 0 radical (unpaired) electrons. The Morgan fingerprint density at radius 3 is 2.69 bits per heavy atom. The lowest BCUT2D eigenvalue weighted by atomic mass is 10.0. The van der Waals surface area contributed by atoms with Gasteiger partial charge in [0.25, 0.3) is 5.91 Å². The molecule has 0 spiro atoms. The minimum Gasteiger partial charge on any atom is -0.454 e. The van der Waals surface area contributed by atoms with E-state index in [1.54, 1.807) is 12.4 Å². The molecule has 29 heavy (non-hydrogen) atoms. The summed E-state index contributed by atoms with van der Waals surface area (Å²) in [6.07, 6.45) is 3.43. The van der Waals surface area contributed by atoms with Crippen LogP contribution >= 0.6 is 0 Å². The molecule has 0 atom stereocenters. The predicted octanol–water partition coefficient (Wildman–Crippen LogP) is 3.96. The Labute approximate surface area is 167 Å². The van der Waals surface area contributed by atoms with E-state index < -0.39 is 0 Å². The van der Waals surface area contributed by atoms with Gasteiger partial charge in [-0.2, -0.15) is 0 Å². The molecule has 1 amide bonds. The van der Waals surface area contributed by atoms with E-state index in [9.17, 15) is 4.79 Å². The zero-order valence-corrected chi connectivity index (χ0v) is 15.5. The van der Waals surface area contributed by atoms with Crippen LogP contribution in [0.5, 0.6) is 11.5 Å². The van der Waals surface area contributed by atoms with Crippen molar-refractivity contribution in [1.29, 1.82) is 0 Å². The fourth-order valence-electron chi connectivity index (χ4n) is 3.36. The molecule has 3 heterocycles. The molecule has 4 aromatic rings. The monoisotopic (exact) mass is 383 g/mol. The third kappa shape index (κ3) is 3.36. The number of aromatic nitrogens is 2. The number of benzene rings is 2. The fourth-order valence-corrected chi connectivity index (χ4v) is 3.36. The van der Waals surface area contributed by atoms with E-state index in [1.165, 1.54) is 0 Å². The Hall–Kier alpha value is -3.93. The van der Waals surface area contributed by atoms with Crippen molar-refractivity contribution in [3.63, 3.8) is 0 Å². The van der Waals surface area contributed by atoms with E-state index in [-0.39, 0.29) is 12.7 Å². The highest BCUT2D eigenvalue weighted by atomic mass is 16.7. The van der Waals surface area contributed by atoms with Gasteiger partial charge in [0.15, 0.2) is 11.5 Å². The van der Waals surface area contributed by atoms with Crippen LogP contribution in [0.2, 0.25) is 0 Å². The average Bonchev–Trinajstić information content (AvgIpc) is 3.25. The summed E-state index contributed by atoms with van der Waals surface area (Å²) >= 11 is 0. The third-order valence-electron chi connectivity index (χ3n) is 4.83. The maximum Gasteiger partial charge on any atom is 0.252 e. The number of hydrogen-bond acceptors (Lipinski definition) is 5. The van der Waals surface area contributed by atoms with Crippen molar-refractivity contribution in [3.8, 4) is 22.8 Å². The predicted molar refractivity (Wildman–Crippen MR) is 109 cm³/mol. The largest absolute Gasteiger partial charge is 0.454 e. The molecular formula is C23H17N3O3. The van der Waals surface area contributed by atoms with Crippen LogP contribution in [-0.2, 0) is 6.54 Å². The number of carbonyl (C=O) groups is 1. The second-order valence-electron chi connectivity index (χ2n) is 6.68. The molecule has 6 heteroatoms. The average molecular weight is 383 g/mol. The number of amides is 1. The minimum absolute atomic E-state index is 0.156. The molecular weight excluding hydrogens is 366 g/mol. The normalized spacial score (nSPS) is 12.1. The number of para-hydroxylation sites is 1. The van der Waals surface area contributed by atoms with Crippen LogP contribution in [0.25, 0.3) is 22.2 Å². The SMILES string of the molecule is O=C(NCc1ccc2c(c1)OCO2)c1cc(-c2ccncc2)nc2ccccc12. The summed E-state index contributed by atoms with van der Waals surface area (Å²) in [4.78, 5) is 21.8. The zero-order valence-electron chi connectivity index (χ0n) is 15.5. The summed E-state index contributed by atoms with van der Waals surface area (Å²) < 4.78 is 10.7. The lowest BCUT2D eigenvalue weighted by molar-refractivity contribution is 0.0952. The van der Waals surface area contributed by atoms with Gasteiger partial charge in [-0.15, -0.1) is 0 Å². The van der Waals surface area contributed by atoms with Gasteiger partial charge in [0.05, 0.1) is 16.8 Å². The van der Waals surface area contributed by atoms with Crippen LogP contribution in [0, 0.1) is 0 Å². The van der Waals surface area contributed by atoms with Gasteiger partial charge in [0.2, 0.25) is 6.79 Å². The maximum absolute atomic E-state index is 13.0. The molecule has 0 saturated carbocycles. The lowest BCUT2D eigenvalue weighted by Gasteiger charge is -2.11. The van der Waals surface area contributed by atoms with Crippen LogP contribution in [-0.4, -0.2) is 22.7 Å². The minimum atomic E-state index is -0.156. The van der Waals surface area contributed by atoms with Gasteiger partial charge >= 0.3 is 0 Å². The number of nitrogens with zero attached hydrogens (tertiary/aromatic N) is 2. The Bertz CT molecular complexity index is 1210. The highest BCUT2D eigenvalue weighted by molar-refractivity contribution is 6.07. The van der Waals surface area contributed by atoms with Crippen molar-refractivity contribution in [2.24, 2.45) is 0 Å². The Morgan fingerprint density at radius 2 is 1.79 bits per heavy atom. The maximum atomic E-state index is 13.0. The van der Waals surface area contributed by atoms with E-state index in [2.05, 4.69) is 10.3 Å². The number of fused-ring (bicyclic) bond motifs is 2. The van der Waals surface area contributed by atoms with E-state index in [0.717, 1.165) is 33.5 Å². The summed E-state index contributed by atoms with van der Waals surface area (Å²) in [5.74, 6) is 1.27. The first-order valence-corrected chi connectivity index (χ1v) is 9.25. The Balaban J connectivity index is 1.46. The van der Waals surface area contributed by atoms with Gasteiger partial charge < -0.3 is 14.8 Å². The highest BCUT2D eigenvalue weighted by Gasteiger charge is 2.16. The number of ether oxygens (including phenoxy) is 2. The highest BCUT2D eigenvalue weighted by Crippen LogP contribution is 2.32. The number of nitrogens with one attached hydrogen (secondary N) is 1. The van der Waals surface area contributed by atoms with E-state index >= 15 is 0 Å². The van der Waals surface area contributed by atoms with E-state index in [1.807, 2.05) is 60.7 Å². The van der Waals surface area contributed by atoms with Crippen molar-refractivity contribution in [2.45, 2.75) is 6.54 Å². The van der Waals surface area contributed by atoms with E-state index in [4.69, 9.17) is 14.5 Å². The zero-order chi connectivity index (χ0) is 19.6. The van der Waals surface area contributed by atoms with Crippen molar-refractivity contribution in [2.75, 3.05) is 6.79 Å². The Kier molecular flexibility index (Phi) is 4.29. The summed E-state index contributed by atoms with van der Waals surface area (Å²) in [6, 6.07) is 18.9. The first-order valence-electron chi connectivity index (χ1n) is 9.25. The molecule has 6 nitrogen and oxygen atoms in total. The number of carbonyl (C=O) groups excluding carboxylic acids is 1. The number of pyridine rings is 2.